The third-order valence-corrected chi connectivity index (χ3v) is 7.06. The molecule has 4 atom stereocenters. The molecule has 0 aliphatic carbocycles. The van der Waals surface area contributed by atoms with E-state index in [9.17, 15) is 24.3 Å². The zero-order valence-electron chi connectivity index (χ0n) is 24.1. The van der Waals surface area contributed by atoms with E-state index in [4.69, 9.17) is 5.73 Å². The van der Waals surface area contributed by atoms with Crippen molar-refractivity contribution in [2.24, 2.45) is 5.73 Å². The summed E-state index contributed by atoms with van der Waals surface area (Å²) in [6.45, 7) is 0. The van der Waals surface area contributed by atoms with Gasteiger partial charge in [-0.15, -0.1) is 0 Å². The lowest BCUT2D eigenvalue weighted by molar-refractivity contribution is -0.142. The first-order valence-corrected chi connectivity index (χ1v) is 14.3. The van der Waals surface area contributed by atoms with Gasteiger partial charge in [-0.05, 0) is 23.1 Å². The summed E-state index contributed by atoms with van der Waals surface area (Å²) in [4.78, 5) is 59.3. The number of amides is 3. The fourth-order valence-corrected chi connectivity index (χ4v) is 4.72. The highest BCUT2D eigenvalue weighted by Gasteiger charge is 2.31. The van der Waals surface area contributed by atoms with Crippen LogP contribution in [-0.2, 0) is 44.9 Å². The molecule has 0 spiro atoms. The summed E-state index contributed by atoms with van der Waals surface area (Å²) in [6.07, 6.45) is 3.42. The maximum absolute atomic E-state index is 13.7. The molecule has 0 saturated heterocycles. The SMILES string of the molecule is NC(Cc1ccccc1)C(=O)NC(Cc1ccccc1)C(=O)NC(Cc1cnc[nH]1)C(=O)NC(Cc1ccccc1)C(=O)O. The summed E-state index contributed by atoms with van der Waals surface area (Å²) in [6, 6.07) is 23.0. The van der Waals surface area contributed by atoms with E-state index in [1.165, 1.54) is 12.5 Å². The van der Waals surface area contributed by atoms with Crippen molar-refractivity contribution in [2.45, 2.75) is 49.9 Å². The first-order valence-electron chi connectivity index (χ1n) is 14.3. The Morgan fingerprint density at radius 1 is 0.636 bits per heavy atom. The molecule has 4 unspecified atom stereocenters. The summed E-state index contributed by atoms with van der Waals surface area (Å²) in [5.74, 6) is -3.05. The summed E-state index contributed by atoms with van der Waals surface area (Å²) < 4.78 is 0. The molecule has 11 nitrogen and oxygen atoms in total. The number of nitrogens with two attached hydrogens (primary N) is 1. The number of carboxylic acid groups (broad SMARTS) is 1. The van der Waals surface area contributed by atoms with Crippen molar-refractivity contribution in [3.05, 3.63) is 126 Å². The first-order chi connectivity index (χ1) is 21.3. The fourth-order valence-electron chi connectivity index (χ4n) is 4.72. The van der Waals surface area contributed by atoms with Gasteiger partial charge in [0.05, 0.1) is 12.4 Å². The number of aliphatic carboxylic acids is 1. The Hall–Kier alpha value is -5.29. The molecule has 7 N–H and O–H groups in total. The van der Waals surface area contributed by atoms with E-state index >= 15 is 0 Å². The minimum atomic E-state index is -1.23. The number of nitrogens with zero attached hydrogens (tertiary/aromatic N) is 1. The average molecular weight is 597 g/mol. The van der Waals surface area contributed by atoms with E-state index in [-0.39, 0.29) is 25.7 Å². The van der Waals surface area contributed by atoms with Crippen LogP contribution in [0.25, 0.3) is 0 Å². The van der Waals surface area contributed by atoms with Crippen molar-refractivity contribution in [2.75, 3.05) is 0 Å². The Balaban J connectivity index is 1.51. The van der Waals surface area contributed by atoms with E-state index in [1.54, 1.807) is 24.3 Å². The molecule has 3 amide bonds. The molecule has 44 heavy (non-hydrogen) atoms. The molecule has 0 radical (unpaired) electrons. The van der Waals surface area contributed by atoms with Gasteiger partial charge in [-0.1, -0.05) is 91.0 Å². The smallest absolute Gasteiger partial charge is 0.326 e. The standard InChI is InChI=1S/C33H36N6O5/c34-26(16-22-10-4-1-5-11-22)30(40)37-27(17-23-12-6-2-7-13-23)31(41)38-28(19-25-20-35-21-36-25)32(42)39-29(33(43)44)18-24-14-8-3-9-15-24/h1-15,20-21,26-29H,16-19,34H2,(H,35,36)(H,37,40)(H,38,41)(H,39,42)(H,43,44). The van der Waals surface area contributed by atoms with Crippen LogP contribution in [0.15, 0.2) is 104 Å². The Kier molecular flexibility index (Phi) is 11.4. The quantitative estimate of drug-likeness (QED) is 0.120. The van der Waals surface area contributed by atoms with E-state index in [2.05, 4.69) is 25.9 Å². The van der Waals surface area contributed by atoms with Gasteiger partial charge < -0.3 is 31.8 Å². The molecule has 228 valence electrons. The highest BCUT2D eigenvalue weighted by atomic mass is 16.4. The molecule has 0 fully saturated rings. The Morgan fingerprint density at radius 3 is 1.55 bits per heavy atom. The van der Waals surface area contributed by atoms with Gasteiger partial charge in [0.15, 0.2) is 0 Å². The van der Waals surface area contributed by atoms with Crippen LogP contribution in [0.1, 0.15) is 22.4 Å². The number of aromatic amines is 1. The average Bonchev–Trinajstić information content (AvgIpc) is 3.54. The van der Waals surface area contributed by atoms with Crippen LogP contribution in [0.4, 0.5) is 0 Å². The highest BCUT2D eigenvalue weighted by molar-refractivity contribution is 5.94. The third-order valence-electron chi connectivity index (χ3n) is 7.06. The highest BCUT2D eigenvalue weighted by Crippen LogP contribution is 2.09. The number of benzene rings is 3. The predicted molar refractivity (Wildman–Crippen MR) is 164 cm³/mol. The molecule has 0 saturated carbocycles. The number of hydrogen-bond donors (Lipinski definition) is 6. The van der Waals surface area contributed by atoms with E-state index < -0.39 is 47.9 Å². The first kappa shape index (κ1) is 31.6. The molecule has 1 heterocycles. The Bertz CT molecular complexity index is 1500. The van der Waals surface area contributed by atoms with Crippen molar-refractivity contribution in [1.82, 2.24) is 25.9 Å². The molecule has 0 aliphatic rings. The van der Waals surface area contributed by atoms with Crippen LogP contribution >= 0.6 is 0 Å². The number of carbonyl (C=O) groups excluding carboxylic acids is 3. The van der Waals surface area contributed by atoms with Gasteiger partial charge in [-0.3, -0.25) is 14.4 Å². The lowest BCUT2D eigenvalue weighted by atomic mass is 10.0. The molecular weight excluding hydrogens is 560 g/mol. The third kappa shape index (κ3) is 9.63. The second-order valence-corrected chi connectivity index (χ2v) is 10.5. The lowest BCUT2D eigenvalue weighted by Crippen LogP contribution is -2.58. The second-order valence-electron chi connectivity index (χ2n) is 10.5. The van der Waals surface area contributed by atoms with Crippen molar-refractivity contribution >= 4 is 23.7 Å². The van der Waals surface area contributed by atoms with E-state index in [0.717, 1.165) is 16.7 Å². The number of rotatable bonds is 15. The number of imidazole rings is 1. The predicted octanol–water partition coefficient (Wildman–Crippen LogP) is 1.55. The monoisotopic (exact) mass is 596 g/mol. The van der Waals surface area contributed by atoms with Crippen LogP contribution < -0.4 is 21.7 Å². The maximum Gasteiger partial charge on any atom is 0.326 e. The molecule has 1 aromatic heterocycles. The summed E-state index contributed by atoms with van der Waals surface area (Å²) in [7, 11) is 0. The zero-order chi connectivity index (χ0) is 31.3. The number of aromatic nitrogens is 2. The van der Waals surface area contributed by atoms with Crippen LogP contribution in [0.3, 0.4) is 0 Å². The lowest BCUT2D eigenvalue weighted by Gasteiger charge is -2.25. The van der Waals surface area contributed by atoms with Gasteiger partial charge >= 0.3 is 5.97 Å². The molecule has 4 aromatic rings. The molecule has 3 aromatic carbocycles. The molecule has 0 bridgehead atoms. The minimum Gasteiger partial charge on any atom is -0.480 e. The van der Waals surface area contributed by atoms with Crippen LogP contribution in [0, 0.1) is 0 Å². The molecule has 11 heteroatoms. The maximum atomic E-state index is 13.7. The molecular formula is C33H36N6O5. The number of carboxylic acids is 1. The Morgan fingerprint density at radius 2 is 1.07 bits per heavy atom. The van der Waals surface area contributed by atoms with E-state index in [0.29, 0.717) is 5.69 Å². The fraction of sp³-hybridized carbons (Fsp3) is 0.242. The van der Waals surface area contributed by atoms with Gasteiger partial charge in [0.25, 0.3) is 0 Å². The number of hydrogen-bond acceptors (Lipinski definition) is 6. The Labute approximate surface area is 255 Å². The van der Waals surface area contributed by atoms with Crippen molar-refractivity contribution in [3.8, 4) is 0 Å². The van der Waals surface area contributed by atoms with Crippen LogP contribution in [0.2, 0.25) is 0 Å². The van der Waals surface area contributed by atoms with Gasteiger partial charge in [-0.2, -0.15) is 0 Å². The molecule has 0 aliphatic heterocycles. The van der Waals surface area contributed by atoms with Crippen molar-refractivity contribution in [1.29, 1.82) is 0 Å². The topological polar surface area (TPSA) is 179 Å². The number of nitrogens with one attached hydrogen (secondary N) is 4. The van der Waals surface area contributed by atoms with Crippen molar-refractivity contribution in [3.63, 3.8) is 0 Å². The van der Waals surface area contributed by atoms with Gasteiger partial charge in [-0.25, -0.2) is 9.78 Å². The number of carbonyl (C=O) groups is 4. The summed E-state index contributed by atoms with van der Waals surface area (Å²) in [5.41, 5.74) is 9.14. The normalized spacial score (nSPS) is 13.6. The summed E-state index contributed by atoms with van der Waals surface area (Å²) >= 11 is 0. The molecule has 4 rings (SSSR count). The minimum absolute atomic E-state index is 0.00870. The van der Waals surface area contributed by atoms with Crippen molar-refractivity contribution < 1.29 is 24.3 Å². The zero-order valence-corrected chi connectivity index (χ0v) is 24.1. The number of H-pyrrole nitrogens is 1. The van der Waals surface area contributed by atoms with Crippen LogP contribution in [-0.4, -0.2) is 62.9 Å². The van der Waals surface area contributed by atoms with Gasteiger partial charge in [0.1, 0.15) is 18.1 Å². The largest absolute Gasteiger partial charge is 0.480 e. The summed E-state index contributed by atoms with van der Waals surface area (Å²) in [5, 5.41) is 17.9. The van der Waals surface area contributed by atoms with Crippen LogP contribution in [0.5, 0.6) is 0 Å². The van der Waals surface area contributed by atoms with E-state index in [1.807, 2.05) is 66.7 Å². The van der Waals surface area contributed by atoms with Gasteiger partial charge in [0.2, 0.25) is 17.7 Å². The van der Waals surface area contributed by atoms with Gasteiger partial charge in [0, 0.05) is 31.2 Å². The second kappa shape index (κ2) is 15.8.